The monoisotopic (exact) mass is 510 g/mol. The van der Waals surface area contributed by atoms with Crippen molar-refractivity contribution < 1.29 is 31.2 Å². The van der Waals surface area contributed by atoms with Gasteiger partial charge in [0.15, 0.2) is 0 Å². The van der Waals surface area contributed by atoms with Crippen LogP contribution in [-0.2, 0) is 40.8 Å². The lowest BCUT2D eigenvalue weighted by molar-refractivity contribution is -0.145. The number of ether oxygens (including phenoxy) is 1. The van der Waals surface area contributed by atoms with E-state index in [0.29, 0.717) is 5.56 Å². The van der Waals surface area contributed by atoms with Gasteiger partial charge in [-0.05, 0) is 23.8 Å². The minimum Gasteiger partial charge on any atom is -0.467 e. The molecule has 1 aliphatic rings. The van der Waals surface area contributed by atoms with Crippen LogP contribution in [0, 0.1) is 0 Å². The van der Waals surface area contributed by atoms with Crippen molar-refractivity contribution in [3.05, 3.63) is 60.4 Å². The van der Waals surface area contributed by atoms with E-state index in [9.17, 15) is 26.4 Å². The van der Waals surface area contributed by atoms with Gasteiger partial charge in [-0.15, -0.1) is 0 Å². The summed E-state index contributed by atoms with van der Waals surface area (Å²) in [5, 5.41) is 2.53. The maximum Gasteiger partial charge on any atom is 0.328 e. The average molecular weight is 511 g/mol. The number of carbonyl (C=O) groups is 2. The number of amides is 1. The highest BCUT2D eigenvalue weighted by Gasteiger charge is 2.42. The zero-order chi connectivity index (χ0) is 24.9. The van der Waals surface area contributed by atoms with Gasteiger partial charge >= 0.3 is 5.97 Å². The number of pyridine rings is 1. The number of esters is 1. The molecule has 2 unspecified atom stereocenters. The van der Waals surface area contributed by atoms with E-state index in [1.807, 2.05) is 0 Å². The summed E-state index contributed by atoms with van der Waals surface area (Å²) in [6, 6.07) is 8.56. The van der Waals surface area contributed by atoms with E-state index in [1.165, 1.54) is 25.4 Å². The first kappa shape index (κ1) is 25.7. The van der Waals surface area contributed by atoms with Gasteiger partial charge < -0.3 is 10.1 Å². The van der Waals surface area contributed by atoms with Crippen LogP contribution in [0.4, 0.5) is 0 Å². The minimum atomic E-state index is -3.96. The van der Waals surface area contributed by atoms with E-state index in [1.54, 1.807) is 36.5 Å². The molecule has 2 atom stereocenters. The molecule has 1 aromatic carbocycles. The molecular formula is C21H26N4O7S2. The SMILES string of the molecule is COC(=O)C(Cc1cccnc1)NC(=O)C1CN(S(=O)(=O)c2ccccc2)CCN1S(C)(=O)=O. The molecule has 0 bridgehead atoms. The Hall–Kier alpha value is -2.87. The Bertz CT molecular complexity index is 1220. The number of piperazine rings is 1. The van der Waals surface area contributed by atoms with E-state index >= 15 is 0 Å². The van der Waals surface area contributed by atoms with Gasteiger partial charge in [-0.1, -0.05) is 24.3 Å². The van der Waals surface area contributed by atoms with E-state index in [-0.39, 0.29) is 24.4 Å². The topological polar surface area (TPSA) is 143 Å². The Morgan fingerprint density at radius 3 is 2.41 bits per heavy atom. The molecule has 0 spiro atoms. The summed E-state index contributed by atoms with van der Waals surface area (Å²) < 4.78 is 57.7. The molecule has 3 rings (SSSR count). The molecule has 11 nitrogen and oxygen atoms in total. The molecule has 1 fully saturated rings. The first-order valence-corrected chi connectivity index (χ1v) is 13.6. The number of rotatable bonds is 8. The summed E-state index contributed by atoms with van der Waals surface area (Å²) in [5.41, 5.74) is 0.648. The second-order valence-electron chi connectivity index (χ2n) is 7.72. The van der Waals surface area contributed by atoms with Crippen molar-refractivity contribution in [3.63, 3.8) is 0 Å². The quantitative estimate of drug-likeness (QED) is 0.474. The van der Waals surface area contributed by atoms with Gasteiger partial charge in [-0.3, -0.25) is 9.78 Å². The summed E-state index contributed by atoms with van der Waals surface area (Å²) in [7, 11) is -6.64. The molecule has 1 aliphatic heterocycles. The van der Waals surface area contributed by atoms with Crippen LogP contribution in [0.15, 0.2) is 59.8 Å². The Labute approximate surface area is 198 Å². The highest BCUT2D eigenvalue weighted by atomic mass is 32.2. The van der Waals surface area contributed by atoms with Crippen LogP contribution in [0.3, 0.4) is 0 Å². The first-order chi connectivity index (χ1) is 16.0. The van der Waals surface area contributed by atoms with Crippen LogP contribution < -0.4 is 5.32 Å². The molecule has 0 saturated carbocycles. The molecule has 1 N–H and O–H groups in total. The maximum atomic E-state index is 13.2. The second kappa shape index (κ2) is 10.6. The lowest BCUT2D eigenvalue weighted by Crippen LogP contribution is -2.62. The third-order valence-electron chi connectivity index (χ3n) is 5.37. The van der Waals surface area contributed by atoms with Gasteiger partial charge in [-0.25, -0.2) is 21.6 Å². The van der Waals surface area contributed by atoms with Crippen LogP contribution in [0.5, 0.6) is 0 Å². The van der Waals surface area contributed by atoms with Crippen molar-refractivity contribution in [1.29, 1.82) is 0 Å². The van der Waals surface area contributed by atoms with Gasteiger partial charge in [0.1, 0.15) is 12.1 Å². The Kier molecular flexibility index (Phi) is 8.02. The molecule has 0 aliphatic carbocycles. The summed E-state index contributed by atoms with van der Waals surface area (Å²) >= 11 is 0. The largest absolute Gasteiger partial charge is 0.467 e. The molecule has 13 heteroatoms. The summed E-state index contributed by atoms with van der Waals surface area (Å²) in [6.45, 7) is -0.740. The normalized spacial score (nSPS) is 18.7. The van der Waals surface area contributed by atoms with E-state index in [2.05, 4.69) is 10.3 Å². The zero-order valence-electron chi connectivity index (χ0n) is 18.7. The fourth-order valence-electron chi connectivity index (χ4n) is 3.67. The van der Waals surface area contributed by atoms with Crippen molar-refractivity contribution in [2.45, 2.75) is 23.4 Å². The number of methoxy groups -OCH3 is 1. The van der Waals surface area contributed by atoms with Crippen molar-refractivity contribution >= 4 is 31.9 Å². The number of nitrogens with one attached hydrogen (secondary N) is 1. The molecule has 34 heavy (non-hydrogen) atoms. The van der Waals surface area contributed by atoms with Gasteiger partial charge in [0.2, 0.25) is 26.0 Å². The molecule has 2 heterocycles. The lowest BCUT2D eigenvalue weighted by atomic mass is 10.1. The number of hydrogen-bond acceptors (Lipinski definition) is 8. The Morgan fingerprint density at radius 1 is 1.12 bits per heavy atom. The number of aromatic nitrogens is 1. The molecule has 1 aromatic heterocycles. The zero-order valence-corrected chi connectivity index (χ0v) is 20.3. The molecule has 1 amide bonds. The molecular weight excluding hydrogens is 484 g/mol. The number of carbonyl (C=O) groups excluding carboxylic acids is 2. The van der Waals surface area contributed by atoms with Crippen molar-refractivity contribution in [2.75, 3.05) is 33.0 Å². The minimum absolute atomic E-state index is 0.0333. The standard InChI is InChI=1S/C21H26N4O7S2/c1-32-21(27)18(13-16-7-6-10-22-14-16)23-20(26)19-15-24(11-12-25(19)33(2,28)29)34(30,31)17-8-4-3-5-9-17/h3-10,14,18-19H,11-13,15H2,1-2H3,(H,23,26). The number of benzene rings is 1. The molecule has 2 aromatic rings. The molecule has 184 valence electrons. The van der Waals surface area contributed by atoms with Crippen molar-refractivity contribution in [2.24, 2.45) is 0 Å². The van der Waals surface area contributed by atoms with Crippen LogP contribution in [-0.4, -0.2) is 87.4 Å². The average Bonchev–Trinajstić information content (AvgIpc) is 2.83. The number of sulfonamides is 2. The van der Waals surface area contributed by atoms with Gasteiger partial charge in [0.25, 0.3) is 0 Å². The van der Waals surface area contributed by atoms with E-state index in [4.69, 9.17) is 4.74 Å². The van der Waals surface area contributed by atoms with E-state index < -0.39 is 50.6 Å². The molecule has 1 saturated heterocycles. The Morgan fingerprint density at radius 2 is 1.82 bits per heavy atom. The predicted molar refractivity (Wildman–Crippen MR) is 122 cm³/mol. The van der Waals surface area contributed by atoms with Crippen LogP contribution in [0.25, 0.3) is 0 Å². The fraction of sp³-hybridized carbons (Fsp3) is 0.381. The van der Waals surface area contributed by atoms with Crippen molar-refractivity contribution in [1.82, 2.24) is 18.9 Å². The van der Waals surface area contributed by atoms with Crippen LogP contribution in [0.1, 0.15) is 5.56 Å². The third-order valence-corrected chi connectivity index (χ3v) is 8.54. The van der Waals surface area contributed by atoms with Gasteiger partial charge in [-0.2, -0.15) is 8.61 Å². The smallest absolute Gasteiger partial charge is 0.328 e. The second-order valence-corrected chi connectivity index (χ2v) is 11.6. The highest BCUT2D eigenvalue weighted by molar-refractivity contribution is 7.89. The summed E-state index contributed by atoms with van der Waals surface area (Å²) in [4.78, 5) is 29.6. The Balaban J connectivity index is 1.87. The maximum absolute atomic E-state index is 13.2. The lowest BCUT2D eigenvalue weighted by Gasteiger charge is -2.38. The predicted octanol–water partition coefficient (Wildman–Crippen LogP) is -0.383. The van der Waals surface area contributed by atoms with E-state index in [0.717, 1.165) is 14.9 Å². The third kappa shape index (κ3) is 5.97. The highest BCUT2D eigenvalue weighted by Crippen LogP contribution is 2.22. The van der Waals surface area contributed by atoms with Gasteiger partial charge in [0.05, 0.1) is 18.3 Å². The molecule has 0 radical (unpaired) electrons. The fourth-order valence-corrected chi connectivity index (χ4v) is 6.17. The number of hydrogen-bond donors (Lipinski definition) is 1. The first-order valence-electron chi connectivity index (χ1n) is 10.3. The van der Waals surface area contributed by atoms with Crippen molar-refractivity contribution in [3.8, 4) is 0 Å². The van der Waals surface area contributed by atoms with Crippen LogP contribution in [0.2, 0.25) is 0 Å². The van der Waals surface area contributed by atoms with Crippen LogP contribution >= 0.6 is 0 Å². The number of nitrogens with zero attached hydrogens (tertiary/aromatic N) is 3. The summed E-state index contributed by atoms with van der Waals surface area (Å²) in [6.07, 6.45) is 4.09. The summed E-state index contributed by atoms with van der Waals surface area (Å²) in [5.74, 6) is -1.54. The van der Waals surface area contributed by atoms with Gasteiger partial charge in [0, 0.05) is 38.4 Å².